The van der Waals surface area contributed by atoms with Crippen LogP contribution in [0.3, 0.4) is 0 Å². The lowest BCUT2D eigenvalue weighted by Gasteiger charge is -2.27. The number of ether oxygens (including phenoxy) is 2. The number of nitrogens with zero attached hydrogens (tertiary/aromatic N) is 1. The first-order chi connectivity index (χ1) is 13.6. The topological polar surface area (TPSA) is 97.2 Å². The van der Waals surface area contributed by atoms with Crippen LogP contribution in [-0.4, -0.2) is 41.5 Å². The molecule has 1 amide bonds. The van der Waals surface area contributed by atoms with Crippen LogP contribution < -0.4 is 10.1 Å². The minimum Gasteiger partial charge on any atom is -0.476 e. The zero-order chi connectivity index (χ0) is 19.7. The van der Waals surface area contributed by atoms with Crippen LogP contribution in [0.4, 0.5) is 0 Å². The Hall–Kier alpha value is -3.35. The summed E-state index contributed by atoms with van der Waals surface area (Å²) in [7, 11) is 1.29. The van der Waals surface area contributed by atoms with Gasteiger partial charge in [0.25, 0.3) is 5.91 Å². The summed E-state index contributed by atoms with van der Waals surface area (Å²) in [4.78, 5) is 25.3. The van der Waals surface area contributed by atoms with Gasteiger partial charge in [-0.15, -0.1) is 0 Å². The predicted molar refractivity (Wildman–Crippen MR) is 100 cm³/mol. The fraction of sp³-hybridized carbons (Fsp3) is 0.286. The lowest BCUT2D eigenvalue weighted by Crippen LogP contribution is -2.52. The van der Waals surface area contributed by atoms with Crippen LogP contribution in [0.2, 0.25) is 0 Å². The third-order valence-corrected chi connectivity index (χ3v) is 5.26. The van der Waals surface area contributed by atoms with E-state index in [0.717, 1.165) is 5.56 Å². The van der Waals surface area contributed by atoms with E-state index in [1.165, 1.54) is 7.11 Å². The third-order valence-electron chi connectivity index (χ3n) is 5.26. The standard InChI is InChI=1S/C21H20N2O5/c1-27-19(24)16(11-13-7-3-2-4-8-13)22-20(25)21-12-15(21)18(23-26)14-9-5-6-10-17(14)28-21/h2-10,15-16,26H,11-12H2,1H3,(H,22,25)/b23-18-/t15-,16-,21-/m1/s1. The van der Waals surface area contributed by atoms with Gasteiger partial charge >= 0.3 is 5.97 Å². The van der Waals surface area contributed by atoms with Crippen LogP contribution in [0.15, 0.2) is 59.8 Å². The Labute approximate surface area is 162 Å². The highest BCUT2D eigenvalue weighted by atomic mass is 16.5. The second kappa shape index (κ2) is 6.99. The first kappa shape index (κ1) is 18.0. The molecular weight excluding hydrogens is 360 g/mol. The molecule has 0 spiro atoms. The van der Waals surface area contributed by atoms with Gasteiger partial charge in [0.05, 0.1) is 18.7 Å². The van der Waals surface area contributed by atoms with Gasteiger partial charge in [0.1, 0.15) is 11.8 Å². The number of nitrogens with one attached hydrogen (secondary N) is 1. The van der Waals surface area contributed by atoms with Crippen molar-refractivity contribution in [3.05, 3.63) is 65.7 Å². The Morgan fingerprint density at radius 3 is 2.68 bits per heavy atom. The zero-order valence-corrected chi connectivity index (χ0v) is 15.3. The van der Waals surface area contributed by atoms with Crippen LogP contribution in [0, 0.1) is 5.92 Å². The average molecular weight is 380 g/mol. The third kappa shape index (κ3) is 2.98. The monoisotopic (exact) mass is 380 g/mol. The van der Waals surface area contributed by atoms with Crippen molar-refractivity contribution in [1.29, 1.82) is 0 Å². The fourth-order valence-electron chi connectivity index (χ4n) is 3.71. The van der Waals surface area contributed by atoms with E-state index >= 15 is 0 Å². The summed E-state index contributed by atoms with van der Waals surface area (Å²) >= 11 is 0. The minimum absolute atomic E-state index is 0.303. The van der Waals surface area contributed by atoms with Crippen molar-refractivity contribution in [2.75, 3.05) is 7.11 Å². The van der Waals surface area contributed by atoms with Gasteiger partial charge in [0.2, 0.25) is 0 Å². The van der Waals surface area contributed by atoms with Crippen molar-refractivity contribution in [3.63, 3.8) is 0 Å². The molecule has 2 aromatic carbocycles. The minimum atomic E-state index is -1.17. The molecule has 7 heteroatoms. The van der Waals surface area contributed by atoms with E-state index in [1.807, 2.05) is 36.4 Å². The molecule has 0 aromatic heterocycles. The van der Waals surface area contributed by atoms with Gasteiger partial charge in [0, 0.05) is 18.4 Å². The van der Waals surface area contributed by atoms with E-state index in [-0.39, 0.29) is 5.92 Å². The van der Waals surface area contributed by atoms with Crippen molar-refractivity contribution >= 4 is 17.6 Å². The normalized spacial score (nSPS) is 24.3. The van der Waals surface area contributed by atoms with Gasteiger partial charge in [-0.05, 0) is 17.7 Å². The molecule has 2 aliphatic rings. The summed E-state index contributed by atoms with van der Waals surface area (Å²) in [6.07, 6.45) is 0.684. The van der Waals surface area contributed by atoms with Gasteiger partial charge < -0.3 is 20.0 Å². The molecule has 1 aliphatic carbocycles. The van der Waals surface area contributed by atoms with Crippen LogP contribution in [0.25, 0.3) is 0 Å². The number of hydrogen-bond acceptors (Lipinski definition) is 6. The molecule has 144 valence electrons. The van der Waals surface area contributed by atoms with E-state index in [2.05, 4.69) is 10.5 Å². The number of benzene rings is 2. The Morgan fingerprint density at radius 2 is 1.96 bits per heavy atom. The number of esters is 1. The molecule has 1 fully saturated rings. The Balaban J connectivity index is 1.56. The molecule has 28 heavy (non-hydrogen) atoms. The predicted octanol–water partition coefficient (Wildman–Crippen LogP) is 1.92. The number of carbonyl (C=O) groups is 2. The number of rotatable bonds is 5. The highest BCUT2D eigenvalue weighted by Crippen LogP contribution is 2.54. The highest BCUT2D eigenvalue weighted by Gasteiger charge is 2.68. The van der Waals surface area contributed by atoms with Crippen molar-refractivity contribution in [2.24, 2.45) is 11.1 Å². The van der Waals surface area contributed by atoms with E-state index in [9.17, 15) is 14.8 Å². The molecule has 0 saturated heterocycles. The van der Waals surface area contributed by atoms with Gasteiger partial charge in [-0.3, -0.25) is 4.79 Å². The quantitative estimate of drug-likeness (QED) is 0.469. The van der Waals surface area contributed by atoms with Gasteiger partial charge in [-0.1, -0.05) is 47.6 Å². The van der Waals surface area contributed by atoms with Crippen LogP contribution >= 0.6 is 0 Å². The number of hydrogen-bond donors (Lipinski definition) is 2. The van der Waals surface area contributed by atoms with Crippen LogP contribution in [-0.2, 0) is 20.7 Å². The molecular formula is C21H20N2O5. The summed E-state index contributed by atoms with van der Waals surface area (Å²) in [6.45, 7) is 0. The Kier molecular flexibility index (Phi) is 4.50. The zero-order valence-electron chi connectivity index (χ0n) is 15.3. The molecule has 1 heterocycles. The first-order valence-electron chi connectivity index (χ1n) is 9.02. The number of fused-ring (bicyclic) bond motifs is 2. The first-order valence-corrected chi connectivity index (χ1v) is 9.02. The second-order valence-corrected chi connectivity index (χ2v) is 6.97. The number of methoxy groups -OCH3 is 1. The number of amides is 1. The maximum absolute atomic E-state index is 13.1. The summed E-state index contributed by atoms with van der Waals surface area (Å²) < 4.78 is 10.9. The fourth-order valence-corrected chi connectivity index (χ4v) is 3.71. The largest absolute Gasteiger partial charge is 0.476 e. The SMILES string of the molecule is COC(=O)[C@@H](Cc1ccccc1)NC(=O)[C@@]12C[C@@H]1/C(=N\O)c1ccccc1O2. The van der Waals surface area contributed by atoms with Gasteiger partial charge in [0.15, 0.2) is 5.60 Å². The summed E-state index contributed by atoms with van der Waals surface area (Å²) in [5, 5.41) is 15.6. The smallest absolute Gasteiger partial charge is 0.328 e. The number of carbonyl (C=O) groups excluding carboxylic acids is 2. The van der Waals surface area contributed by atoms with Gasteiger partial charge in [-0.2, -0.15) is 0 Å². The highest BCUT2D eigenvalue weighted by molar-refractivity contribution is 6.13. The maximum atomic E-state index is 13.1. The molecule has 0 radical (unpaired) electrons. The molecule has 2 N–H and O–H groups in total. The van der Waals surface area contributed by atoms with Crippen LogP contribution in [0.1, 0.15) is 17.5 Å². The Morgan fingerprint density at radius 1 is 1.25 bits per heavy atom. The number of para-hydroxylation sites is 1. The van der Waals surface area contributed by atoms with E-state index < -0.39 is 23.5 Å². The van der Waals surface area contributed by atoms with Crippen molar-refractivity contribution in [1.82, 2.24) is 5.32 Å². The van der Waals surface area contributed by atoms with Gasteiger partial charge in [-0.25, -0.2) is 4.79 Å². The van der Waals surface area contributed by atoms with Crippen LogP contribution in [0.5, 0.6) is 5.75 Å². The van der Waals surface area contributed by atoms with Crippen molar-refractivity contribution in [3.8, 4) is 5.75 Å². The molecule has 0 unspecified atom stereocenters. The summed E-state index contributed by atoms with van der Waals surface area (Å²) in [6, 6.07) is 15.7. The molecule has 3 atom stereocenters. The molecule has 2 aromatic rings. The second-order valence-electron chi connectivity index (χ2n) is 6.97. The van der Waals surface area contributed by atoms with Crippen molar-refractivity contribution < 1.29 is 24.3 Å². The van der Waals surface area contributed by atoms with E-state index in [1.54, 1.807) is 18.2 Å². The Bertz CT molecular complexity index is 943. The molecule has 1 saturated carbocycles. The van der Waals surface area contributed by atoms with Crippen molar-refractivity contribution in [2.45, 2.75) is 24.5 Å². The molecule has 4 rings (SSSR count). The molecule has 0 bridgehead atoms. The summed E-state index contributed by atoms with van der Waals surface area (Å²) in [5.74, 6) is -0.822. The maximum Gasteiger partial charge on any atom is 0.328 e. The van der Waals surface area contributed by atoms with E-state index in [0.29, 0.717) is 29.9 Å². The lowest BCUT2D eigenvalue weighted by molar-refractivity contribution is -0.146. The summed E-state index contributed by atoms with van der Waals surface area (Å²) in [5.41, 5.74) is 0.828. The molecule has 7 nitrogen and oxygen atoms in total. The van der Waals surface area contributed by atoms with E-state index in [4.69, 9.17) is 9.47 Å². The lowest BCUT2D eigenvalue weighted by atomic mass is 9.99. The number of oxime groups is 1. The average Bonchev–Trinajstić information content (AvgIpc) is 3.47. The molecule has 1 aliphatic heterocycles.